The highest BCUT2D eigenvalue weighted by Gasteiger charge is 2.21. The van der Waals surface area contributed by atoms with Gasteiger partial charge >= 0.3 is 0 Å². The molecule has 0 aromatic rings. The lowest BCUT2D eigenvalue weighted by atomic mass is 9.95. The van der Waals surface area contributed by atoms with Gasteiger partial charge in [0.15, 0.2) is 0 Å². The van der Waals surface area contributed by atoms with E-state index in [9.17, 15) is 4.79 Å². The van der Waals surface area contributed by atoms with E-state index in [4.69, 9.17) is 5.11 Å². The van der Waals surface area contributed by atoms with Crippen LogP contribution in [0.25, 0.3) is 0 Å². The number of hydrogen-bond donors (Lipinski definition) is 1. The summed E-state index contributed by atoms with van der Waals surface area (Å²) in [6.45, 7) is 3.79. The molecule has 1 unspecified atom stereocenters. The summed E-state index contributed by atoms with van der Waals surface area (Å²) in [6, 6.07) is 0. The molecule has 1 aliphatic rings. The Bertz CT molecular complexity index is 269. The summed E-state index contributed by atoms with van der Waals surface area (Å²) in [5.41, 5.74) is 0. The number of allylic oxidation sites excluding steroid dienone is 3. The average Bonchev–Trinajstić information content (AvgIpc) is 2.30. The van der Waals surface area contributed by atoms with E-state index in [-0.39, 0.29) is 12.5 Å². The van der Waals surface area contributed by atoms with Gasteiger partial charge in [0.05, 0.1) is 0 Å². The van der Waals surface area contributed by atoms with E-state index in [0.717, 1.165) is 32.4 Å². The van der Waals surface area contributed by atoms with Crippen LogP contribution in [0, 0.1) is 5.92 Å². The van der Waals surface area contributed by atoms with Crippen molar-refractivity contribution in [3.63, 3.8) is 0 Å². The zero-order valence-electron chi connectivity index (χ0n) is 9.93. The Kier molecular flexibility index (Phi) is 5.86. The van der Waals surface area contributed by atoms with E-state index in [0.29, 0.717) is 5.92 Å². The van der Waals surface area contributed by atoms with Crippen molar-refractivity contribution in [3.05, 3.63) is 24.3 Å². The molecule has 1 aliphatic heterocycles. The molecule has 1 atom stereocenters. The summed E-state index contributed by atoms with van der Waals surface area (Å²) in [6.07, 6.45) is 10.1. The van der Waals surface area contributed by atoms with Crippen molar-refractivity contribution >= 4 is 5.91 Å². The number of piperidine rings is 1. The van der Waals surface area contributed by atoms with Gasteiger partial charge in [-0.05, 0) is 32.1 Å². The monoisotopic (exact) mass is 223 g/mol. The van der Waals surface area contributed by atoms with Gasteiger partial charge in [-0.1, -0.05) is 18.2 Å². The van der Waals surface area contributed by atoms with Crippen LogP contribution in [0.5, 0.6) is 0 Å². The topological polar surface area (TPSA) is 40.5 Å². The highest BCUT2D eigenvalue weighted by molar-refractivity contribution is 5.87. The largest absolute Gasteiger partial charge is 0.396 e. The minimum atomic E-state index is 0.0840. The molecule has 3 nitrogen and oxygen atoms in total. The van der Waals surface area contributed by atoms with Crippen LogP contribution < -0.4 is 0 Å². The molecule has 1 rings (SSSR count). The molecule has 90 valence electrons. The van der Waals surface area contributed by atoms with E-state index in [1.165, 1.54) is 0 Å². The van der Waals surface area contributed by atoms with Crippen molar-refractivity contribution in [1.82, 2.24) is 4.90 Å². The third-order valence-corrected chi connectivity index (χ3v) is 2.91. The van der Waals surface area contributed by atoms with Crippen LogP contribution in [-0.4, -0.2) is 35.6 Å². The van der Waals surface area contributed by atoms with Crippen molar-refractivity contribution in [2.24, 2.45) is 5.92 Å². The van der Waals surface area contributed by atoms with Crippen LogP contribution in [0.4, 0.5) is 0 Å². The number of carbonyl (C=O) groups is 1. The standard InChI is InChI=1S/C13H21NO2/c1-2-3-4-7-13(16)14-9-5-6-12(11-14)8-10-15/h2-4,7,12,15H,5-6,8-11H2,1H3. The summed E-state index contributed by atoms with van der Waals surface area (Å²) in [5, 5.41) is 8.89. The molecule has 1 fully saturated rings. The number of likely N-dealkylation sites (tertiary alicyclic amines) is 1. The lowest BCUT2D eigenvalue weighted by Crippen LogP contribution is -2.39. The maximum absolute atomic E-state index is 11.8. The number of aliphatic hydroxyl groups excluding tert-OH is 1. The van der Waals surface area contributed by atoms with Crippen molar-refractivity contribution in [3.8, 4) is 0 Å². The van der Waals surface area contributed by atoms with Gasteiger partial charge < -0.3 is 10.0 Å². The summed E-state index contributed by atoms with van der Waals surface area (Å²) >= 11 is 0. The number of aliphatic hydroxyl groups is 1. The second-order valence-electron chi connectivity index (χ2n) is 4.19. The summed E-state index contributed by atoms with van der Waals surface area (Å²) in [4.78, 5) is 13.6. The Hall–Kier alpha value is -1.09. The van der Waals surface area contributed by atoms with E-state index >= 15 is 0 Å². The Morgan fingerprint density at radius 1 is 1.50 bits per heavy atom. The number of rotatable bonds is 4. The Labute approximate surface area is 97.4 Å². The predicted octanol–water partition coefficient (Wildman–Crippen LogP) is 1.74. The van der Waals surface area contributed by atoms with Crippen LogP contribution in [0.15, 0.2) is 24.3 Å². The number of nitrogens with zero attached hydrogens (tertiary/aromatic N) is 1. The lowest BCUT2D eigenvalue weighted by molar-refractivity contribution is -0.127. The van der Waals surface area contributed by atoms with Crippen LogP contribution in [0.2, 0.25) is 0 Å². The maximum Gasteiger partial charge on any atom is 0.246 e. The highest BCUT2D eigenvalue weighted by atomic mass is 16.3. The molecule has 1 saturated heterocycles. The predicted molar refractivity (Wildman–Crippen MR) is 65.0 cm³/mol. The molecule has 0 bridgehead atoms. The van der Waals surface area contributed by atoms with Gasteiger partial charge in [-0.25, -0.2) is 0 Å². The first kappa shape index (κ1) is 13.0. The van der Waals surface area contributed by atoms with Crippen molar-refractivity contribution in [2.75, 3.05) is 19.7 Å². The first-order valence-electron chi connectivity index (χ1n) is 5.97. The van der Waals surface area contributed by atoms with Crippen LogP contribution >= 0.6 is 0 Å². The maximum atomic E-state index is 11.8. The zero-order chi connectivity index (χ0) is 11.8. The third kappa shape index (κ3) is 4.19. The number of carbonyl (C=O) groups excluding carboxylic acids is 1. The zero-order valence-corrected chi connectivity index (χ0v) is 9.93. The molecule has 0 aromatic carbocycles. The summed E-state index contributed by atoms with van der Waals surface area (Å²) in [7, 11) is 0. The van der Waals surface area contributed by atoms with Crippen LogP contribution in [-0.2, 0) is 4.79 Å². The first-order valence-corrected chi connectivity index (χ1v) is 5.97. The smallest absolute Gasteiger partial charge is 0.246 e. The van der Waals surface area contributed by atoms with Gasteiger partial charge in [0.25, 0.3) is 0 Å². The minimum absolute atomic E-state index is 0.0840. The second-order valence-corrected chi connectivity index (χ2v) is 4.19. The van der Waals surface area contributed by atoms with Crippen LogP contribution in [0.3, 0.4) is 0 Å². The van der Waals surface area contributed by atoms with E-state index < -0.39 is 0 Å². The van der Waals surface area contributed by atoms with Crippen molar-refractivity contribution in [1.29, 1.82) is 0 Å². The molecule has 0 aromatic heterocycles. The normalized spacial score (nSPS) is 22.1. The molecule has 0 spiro atoms. The van der Waals surface area contributed by atoms with Crippen molar-refractivity contribution < 1.29 is 9.90 Å². The summed E-state index contributed by atoms with van der Waals surface area (Å²) < 4.78 is 0. The van der Waals surface area contributed by atoms with Gasteiger partial charge in [-0.2, -0.15) is 0 Å². The molecule has 16 heavy (non-hydrogen) atoms. The van der Waals surface area contributed by atoms with Gasteiger partial charge in [-0.3, -0.25) is 4.79 Å². The van der Waals surface area contributed by atoms with E-state index in [1.807, 2.05) is 24.0 Å². The molecule has 0 saturated carbocycles. The Morgan fingerprint density at radius 2 is 2.31 bits per heavy atom. The van der Waals surface area contributed by atoms with Gasteiger partial charge in [0, 0.05) is 25.8 Å². The molecule has 0 radical (unpaired) electrons. The average molecular weight is 223 g/mol. The first-order chi connectivity index (χ1) is 7.77. The molecule has 1 heterocycles. The number of hydrogen-bond acceptors (Lipinski definition) is 2. The fourth-order valence-corrected chi connectivity index (χ4v) is 2.04. The van der Waals surface area contributed by atoms with E-state index in [2.05, 4.69) is 0 Å². The lowest BCUT2D eigenvalue weighted by Gasteiger charge is -2.31. The molecular weight excluding hydrogens is 202 g/mol. The SMILES string of the molecule is CC=CC=CC(=O)N1CCCC(CCO)C1. The van der Waals surface area contributed by atoms with Gasteiger partial charge in [0.2, 0.25) is 5.91 Å². The van der Waals surface area contributed by atoms with Gasteiger partial charge in [-0.15, -0.1) is 0 Å². The fourth-order valence-electron chi connectivity index (χ4n) is 2.04. The third-order valence-electron chi connectivity index (χ3n) is 2.91. The minimum Gasteiger partial charge on any atom is -0.396 e. The van der Waals surface area contributed by atoms with E-state index in [1.54, 1.807) is 12.2 Å². The molecular formula is C13H21NO2. The van der Waals surface area contributed by atoms with Gasteiger partial charge in [0.1, 0.15) is 0 Å². The van der Waals surface area contributed by atoms with Crippen molar-refractivity contribution in [2.45, 2.75) is 26.2 Å². The highest BCUT2D eigenvalue weighted by Crippen LogP contribution is 2.19. The molecule has 1 amide bonds. The molecule has 1 N–H and O–H groups in total. The number of amides is 1. The Morgan fingerprint density at radius 3 is 3.00 bits per heavy atom. The Balaban J connectivity index is 2.43. The van der Waals surface area contributed by atoms with Crippen LogP contribution in [0.1, 0.15) is 26.2 Å². The molecule has 3 heteroatoms. The second kappa shape index (κ2) is 7.23. The quantitative estimate of drug-likeness (QED) is 0.582. The fraction of sp³-hybridized carbons (Fsp3) is 0.615. The summed E-state index contributed by atoms with van der Waals surface area (Å²) in [5.74, 6) is 0.554. The molecule has 0 aliphatic carbocycles.